The van der Waals surface area contributed by atoms with Gasteiger partial charge in [0.25, 0.3) is 5.91 Å². The molecule has 228 valence electrons. The molecule has 3 aromatic carbocycles. The smallest absolute Gasteiger partial charge is 0.252 e. The highest BCUT2D eigenvalue weighted by atomic mass is 16.3. The fourth-order valence-electron chi connectivity index (χ4n) is 5.59. The van der Waals surface area contributed by atoms with Gasteiger partial charge in [0.1, 0.15) is 0 Å². The van der Waals surface area contributed by atoms with Crippen LogP contribution >= 0.6 is 0 Å². The summed E-state index contributed by atoms with van der Waals surface area (Å²) in [5.41, 5.74) is 7.20. The lowest BCUT2D eigenvalue weighted by atomic mass is 9.86. The molecule has 3 aromatic rings. The Kier molecular flexibility index (Phi) is 11.0. The number of amides is 1. The van der Waals surface area contributed by atoms with Gasteiger partial charge in [-0.1, -0.05) is 69.0 Å². The molecule has 0 fully saturated rings. The van der Waals surface area contributed by atoms with Gasteiger partial charge in [0.05, 0.1) is 11.7 Å². The van der Waals surface area contributed by atoms with Crippen LogP contribution in [0.2, 0.25) is 0 Å². The van der Waals surface area contributed by atoms with E-state index >= 15 is 0 Å². The first-order valence-electron chi connectivity index (χ1n) is 15.5. The van der Waals surface area contributed by atoms with Crippen molar-refractivity contribution in [2.75, 3.05) is 13.6 Å². The number of rotatable bonds is 8. The summed E-state index contributed by atoms with van der Waals surface area (Å²) in [6.07, 6.45) is 2.16. The summed E-state index contributed by atoms with van der Waals surface area (Å²) >= 11 is 0. The van der Waals surface area contributed by atoms with E-state index in [0.29, 0.717) is 24.8 Å². The van der Waals surface area contributed by atoms with E-state index in [9.17, 15) is 9.90 Å². The number of aliphatic hydroxyl groups is 1. The van der Waals surface area contributed by atoms with Crippen molar-refractivity contribution in [3.63, 3.8) is 0 Å². The lowest BCUT2D eigenvalue weighted by Crippen LogP contribution is -2.41. The minimum atomic E-state index is -0.550. The molecule has 1 heterocycles. The zero-order valence-corrected chi connectivity index (χ0v) is 27.4. The van der Waals surface area contributed by atoms with Gasteiger partial charge in [-0.3, -0.25) is 4.79 Å². The second kappa shape index (κ2) is 13.9. The molecule has 0 radical (unpaired) electrons. The standard InChI is InChI=1S/C35H47N3O2.C2H6/c1-23(38(8)35(5,6)7)31-27(16-14-25-19-20-36-22-30(25)31)21-28(39)18-17-26-15-13-24-11-9-10-12-29(24)32(26)33(40)37-34(2,3)4;1-2/h9-16,28,36,39H,1,17-22H2,2-8H3,(H,37,40);1-2H3. The Hall–Kier alpha value is -3.15. The molecular formula is C37H53N3O2. The fourth-order valence-corrected chi connectivity index (χ4v) is 5.59. The number of aryl methyl sites for hydroxylation is 1. The fraction of sp³-hybridized carbons (Fsp3) is 0.486. The number of fused-ring (bicyclic) bond motifs is 2. The van der Waals surface area contributed by atoms with Crippen molar-refractivity contribution in [1.82, 2.24) is 15.5 Å². The van der Waals surface area contributed by atoms with Crippen LogP contribution in [0.3, 0.4) is 0 Å². The predicted octanol–water partition coefficient (Wildman–Crippen LogP) is 7.28. The van der Waals surface area contributed by atoms with Crippen LogP contribution in [0.25, 0.3) is 16.5 Å². The maximum Gasteiger partial charge on any atom is 0.252 e. The summed E-state index contributed by atoms with van der Waals surface area (Å²) < 4.78 is 0. The molecule has 0 saturated heterocycles. The lowest BCUT2D eigenvalue weighted by molar-refractivity contribution is 0.0919. The number of nitrogens with zero attached hydrogens (tertiary/aromatic N) is 1. The van der Waals surface area contributed by atoms with Gasteiger partial charge in [-0.05, 0) is 107 Å². The van der Waals surface area contributed by atoms with Crippen LogP contribution in [0.15, 0.2) is 55.1 Å². The first kappa shape index (κ1) is 33.4. The van der Waals surface area contributed by atoms with Crippen molar-refractivity contribution in [1.29, 1.82) is 0 Å². The quantitative estimate of drug-likeness (QED) is 0.266. The molecule has 3 N–H and O–H groups in total. The van der Waals surface area contributed by atoms with Gasteiger partial charge >= 0.3 is 0 Å². The van der Waals surface area contributed by atoms with Gasteiger partial charge in [-0.25, -0.2) is 0 Å². The largest absolute Gasteiger partial charge is 0.393 e. The third-order valence-electron chi connectivity index (χ3n) is 8.00. The van der Waals surface area contributed by atoms with Crippen LogP contribution in [-0.4, -0.2) is 46.7 Å². The summed E-state index contributed by atoms with van der Waals surface area (Å²) in [6.45, 7) is 22.9. The van der Waals surface area contributed by atoms with E-state index < -0.39 is 6.10 Å². The predicted molar refractivity (Wildman–Crippen MR) is 179 cm³/mol. The Morgan fingerprint density at radius 1 is 1.00 bits per heavy atom. The third kappa shape index (κ3) is 8.02. The molecule has 0 bridgehead atoms. The van der Waals surface area contributed by atoms with Crippen LogP contribution in [0.1, 0.15) is 100.0 Å². The van der Waals surface area contributed by atoms with Gasteiger partial charge < -0.3 is 20.6 Å². The Morgan fingerprint density at radius 3 is 2.33 bits per heavy atom. The molecule has 5 heteroatoms. The normalized spacial score (nSPS) is 14.0. The minimum absolute atomic E-state index is 0.0696. The SMILES string of the molecule is C=C(c1c(CC(O)CCc2ccc3ccccc3c2C(=O)NC(C)(C)C)ccc2c1CNCC2)N(C)C(C)(C)C.CC. The summed E-state index contributed by atoms with van der Waals surface area (Å²) in [6, 6.07) is 16.5. The molecule has 1 aliphatic heterocycles. The van der Waals surface area contributed by atoms with Crippen LogP contribution in [0.4, 0.5) is 0 Å². The van der Waals surface area contributed by atoms with E-state index in [-0.39, 0.29) is 17.0 Å². The Labute approximate surface area is 254 Å². The van der Waals surface area contributed by atoms with E-state index in [1.807, 2.05) is 65.0 Å². The van der Waals surface area contributed by atoms with Crippen LogP contribution in [-0.2, 0) is 25.8 Å². The summed E-state index contributed by atoms with van der Waals surface area (Å²) in [7, 11) is 2.10. The van der Waals surface area contributed by atoms with E-state index in [0.717, 1.165) is 52.7 Å². The number of nitrogens with one attached hydrogen (secondary N) is 2. The molecule has 1 aliphatic rings. The van der Waals surface area contributed by atoms with Crippen LogP contribution < -0.4 is 10.6 Å². The average molecular weight is 572 g/mol. The Morgan fingerprint density at radius 2 is 1.67 bits per heavy atom. The zero-order valence-electron chi connectivity index (χ0n) is 27.4. The Bertz CT molecular complexity index is 1390. The zero-order chi connectivity index (χ0) is 31.2. The number of hydrogen-bond donors (Lipinski definition) is 3. The summed E-state index contributed by atoms with van der Waals surface area (Å²) in [5, 5.41) is 20.0. The van der Waals surface area contributed by atoms with Gasteiger partial charge in [0.2, 0.25) is 0 Å². The topological polar surface area (TPSA) is 64.6 Å². The molecule has 1 unspecified atom stereocenters. The molecule has 1 atom stereocenters. The third-order valence-corrected chi connectivity index (χ3v) is 8.00. The average Bonchev–Trinajstić information content (AvgIpc) is 2.94. The number of aliphatic hydroxyl groups excluding tert-OH is 1. The van der Waals surface area contributed by atoms with E-state index in [1.165, 1.54) is 11.1 Å². The maximum absolute atomic E-state index is 13.4. The second-order valence-corrected chi connectivity index (χ2v) is 13.3. The van der Waals surface area contributed by atoms with Crippen molar-refractivity contribution >= 4 is 22.4 Å². The number of hydrogen-bond acceptors (Lipinski definition) is 4. The van der Waals surface area contributed by atoms with Crippen molar-refractivity contribution in [2.24, 2.45) is 0 Å². The molecule has 5 nitrogen and oxygen atoms in total. The summed E-state index contributed by atoms with van der Waals surface area (Å²) in [4.78, 5) is 15.7. The molecule has 0 aliphatic carbocycles. The van der Waals surface area contributed by atoms with Gasteiger partial charge in [-0.2, -0.15) is 0 Å². The molecule has 0 spiro atoms. The van der Waals surface area contributed by atoms with Gasteiger partial charge in [0.15, 0.2) is 0 Å². The highest BCUT2D eigenvalue weighted by Gasteiger charge is 2.26. The first-order valence-corrected chi connectivity index (χ1v) is 15.5. The molecule has 42 heavy (non-hydrogen) atoms. The maximum atomic E-state index is 13.4. The van der Waals surface area contributed by atoms with Crippen LogP contribution in [0.5, 0.6) is 0 Å². The van der Waals surface area contributed by atoms with Gasteiger partial charge in [0, 0.05) is 35.9 Å². The van der Waals surface area contributed by atoms with Crippen molar-refractivity contribution in [3.05, 3.63) is 88.5 Å². The van der Waals surface area contributed by atoms with E-state index in [2.05, 4.69) is 68.1 Å². The molecule has 0 saturated carbocycles. The van der Waals surface area contributed by atoms with E-state index in [4.69, 9.17) is 0 Å². The van der Waals surface area contributed by atoms with Gasteiger partial charge in [-0.15, -0.1) is 0 Å². The monoisotopic (exact) mass is 571 g/mol. The highest BCUT2D eigenvalue weighted by molar-refractivity contribution is 6.08. The number of carbonyl (C=O) groups excluding carboxylic acids is 1. The lowest BCUT2D eigenvalue weighted by Gasteiger charge is -2.38. The molecule has 1 amide bonds. The highest BCUT2D eigenvalue weighted by Crippen LogP contribution is 2.33. The van der Waals surface area contributed by atoms with Crippen molar-refractivity contribution in [2.45, 2.75) is 105 Å². The molecule has 0 aromatic heterocycles. The first-order chi connectivity index (χ1) is 19.8. The second-order valence-electron chi connectivity index (χ2n) is 13.3. The minimum Gasteiger partial charge on any atom is -0.393 e. The Balaban J connectivity index is 0.00000237. The van der Waals surface area contributed by atoms with E-state index in [1.54, 1.807) is 0 Å². The van der Waals surface area contributed by atoms with Crippen molar-refractivity contribution < 1.29 is 9.90 Å². The number of benzene rings is 3. The molecule has 4 rings (SSSR count). The van der Waals surface area contributed by atoms with Crippen LogP contribution in [0, 0.1) is 0 Å². The number of carbonyl (C=O) groups is 1. The van der Waals surface area contributed by atoms with Crippen molar-refractivity contribution in [3.8, 4) is 0 Å². The summed E-state index contributed by atoms with van der Waals surface area (Å²) in [5.74, 6) is -0.0696. The molecular weight excluding hydrogens is 518 g/mol.